The normalized spacial score (nSPS) is 24.7. The van der Waals surface area contributed by atoms with E-state index in [0.717, 1.165) is 6.54 Å². The van der Waals surface area contributed by atoms with Crippen molar-refractivity contribution in [2.75, 3.05) is 26.7 Å². The molecule has 0 radical (unpaired) electrons. The van der Waals surface area contributed by atoms with E-state index in [2.05, 4.69) is 22.6 Å². The van der Waals surface area contributed by atoms with Crippen LogP contribution in [0.3, 0.4) is 0 Å². The maximum absolute atomic E-state index is 12.0. The number of likely N-dealkylation sites (N-methyl/N-ethyl adjacent to an activating group) is 1. The van der Waals surface area contributed by atoms with Crippen LogP contribution < -0.4 is 10.6 Å². The molecule has 5 heteroatoms. The van der Waals surface area contributed by atoms with Gasteiger partial charge in [-0.25, -0.2) is 4.79 Å². The number of piperidine rings is 1. The molecule has 2 rings (SSSR count). The van der Waals surface area contributed by atoms with Crippen LogP contribution >= 0.6 is 0 Å². The lowest BCUT2D eigenvalue weighted by molar-refractivity contribution is 0.0514. The van der Waals surface area contributed by atoms with E-state index in [9.17, 15) is 4.79 Å². The van der Waals surface area contributed by atoms with Gasteiger partial charge in [0.15, 0.2) is 0 Å². The summed E-state index contributed by atoms with van der Waals surface area (Å²) in [6, 6.07) is 0.976. The molecule has 2 N–H and O–H groups in total. The van der Waals surface area contributed by atoms with Gasteiger partial charge in [-0.3, -0.25) is 0 Å². The third-order valence-corrected chi connectivity index (χ3v) is 5.62. The zero-order valence-electron chi connectivity index (χ0n) is 16.8. The number of nitrogens with zero attached hydrogens (tertiary/aromatic N) is 1. The summed E-state index contributed by atoms with van der Waals surface area (Å²) in [4.78, 5) is 14.5. The van der Waals surface area contributed by atoms with Crippen LogP contribution in [0.1, 0.15) is 72.1 Å². The Labute approximate surface area is 154 Å². The van der Waals surface area contributed by atoms with Crippen LogP contribution in [0.5, 0.6) is 0 Å². The second-order valence-electron chi connectivity index (χ2n) is 8.93. The predicted molar refractivity (Wildman–Crippen MR) is 103 cm³/mol. The van der Waals surface area contributed by atoms with Gasteiger partial charge in [-0.2, -0.15) is 0 Å². The van der Waals surface area contributed by atoms with Crippen molar-refractivity contribution in [3.8, 4) is 0 Å². The van der Waals surface area contributed by atoms with E-state index >= 15 is 0 Å². The van der Waals surface area contributed by atoms with Crippen molar-refractivity contribution in [2.24, 2.45) is 5.92 Å². The maximum atomic E-state index is 12.0. The van der Waals surface area contributed by atoms with E-state index in [4.69, 9.17) is 4.74 Å². The molecule has 0 aromatic rings. The zero-order valence-corrected chi connectivity index (χ0v) is 16.8. The average Bonchev–Trinajstić information content (AvgIpc) is 2.55. The molecule has 1 aliphatic carbocycles. The number of hydrogen-bond acceptors (Lipinski definition) is 4. The Morgan fingerprint density at radius 3 is 2.44 bits per heavy atom. The van der Waals surface area contributed by atoms with E-state index in [1.807, 2.05) is 20.8 Å². The lowest BCUT2D eigenvalue weighted by Gasteiger charge is -2.36. The monoisotopic (exact) mass is 353 g/mol. The number of alkyl carbamates (subject to hydrolysis) is 1. The predicted octanol–water partition coefficient (Wildman–Crippen LogP) is 3.53. The number of ether oxygens (including phenoxy) is 1. The fraction of sp³-hybridized carbons (Fsp3) is 0.950. The highest BCUT2D eigenvalue weighted by molar-refractivity contribution is 5.67. The largest absolute Gasteiger partial charge is 0.444 e. The first-order valence-corrected chi connectivity index (χ1v) is 10.3. The quantitative estimate of drug-likeness (QED) is 0.767. The van der Waals surface area contributed by atoms with Crippen molar-refractivity contribution in [2.45, 2.75) is 89.8 Å². The van der Waals surface area contributed by atoms with Crippen molar-refractivity contribution < 1.29 is 9.53 Å². The van der Waals surface area contributed by atoms with Gasteiger partial charge < -0.3 is 20.3 Å². The van der Waals surface area contributed by atoms with Crippen molar-refractivity contribution in [1.29, 1.82) is 0 Å². The molecule has 0 aromatic heterocycles. The Kier molecular flexibility index (Phi) is 8.01. The number of likely N-dealkylation sites (tertiary alicyclic amines) is 1. The van der Waals surface area contributed by atoms with Gasteiger partial charge in [-0.05, 0) is 66.0 Å². The maximum Gasteiger partial charge on any atom is 0.407 e. The highest BCUT2D eigenvalue weighted by Crippen LogP contribution is 2.26. The minimum atomic E-state index is -0.442. The number of rotatable bonds is 6. The van der Waals surface area contributed by atoms with Crippen molar-refractivity contribution in [3.63, 3.8) is 0 Å². The molecular weight excluding hydrogens is 314 g/mol. The summed E-state index contributed by atoms with van der Waals surface area (Å²) in [5.74, 6) is 0.664. The average molecular weight is 354 g/mol. The molecule has 2 aliphatic rings. The molecule has 1 amide bonds. The minimum absolute atomic E-state index is 0.301. The molecular formula is C20H39N3O2. The zero-order chi connectivity index (χ0) is 18.3. The van der Waals surface area contributed by atoms with Crippen LogP contribution in [-0.2, 0) is 4.74 Å². The molecule has 0 aromatic carbocycles. The molecule has 1 saturated carbocycles. The first-order chi connectivity index (χ1) is 11.8. The first-order valence-electron chi connectivity index (χ1n) is 10.3. The molecule has 2 unspecified atom stereocenters. The molecule has 5 nitrogen and oxygen atoms in total. The fourth-order valence-electron chi connectivity index (χ4n) is 4.14. The van der Waals surface area contributed by atoms with E-state index in [1.54, 1.807) is 0 Å². The Morgan fingerprint density at radius 1 is 1.12 bits per heavy atom. The molecule has 2 atom stereocenters. The molecule has 1 saturated heterocycles. The summed E-state index contributed by atoms with van der Waals surface area (Å²) in [5, 5.41) is 6.79. The standard InChI is InChI=1S/C20H39N3O2/c1-20(2,3)25-19(24)22-15-18(16-10-6-5-7-11-16)21-14-17-12-8-9-13-23(17)4/h16-18,21H,5-15H2,1-4H3,(H,22,24). The van der Waals surface area contributed by atoms with Gasteiger partial charge in [0, 0.05) is 25.2 Å². The molecule has 146 valence electrons. The summed E-state index contributed by atoms with van der Waals surface area (Å²) in [6.45, 7) is 8.60. The van der Waals surface area contributed by atoms with Crippen LogP contribution in [0.25, 0.3) is 0 Å². The Bertz CT molecular complexity index is 402. The smallest absolute Gasteiger partial charge is 0.407 e. The fourth-order valence-corrected chi connectivity index (χ4v) is 4.14. The second kappa shape index (κ2) is 9.77. The Hall–Kier alpha value is -0.810. The van der Waals surface area contributed by atoms with Crippen LogP contribution in [0.15, 0.2) is 0 Å². The number of hydrogen-bond donors (Lipinski definition) is 2. The number of amides is 1. The third-order valence-electron chi connectivity index (χ3n) is 5.62. The molecule has 1 heterocycles. The Morgan fingerprint density at radius 2 is 1.80 bits per heavy atom. The third kappa shape index (κ3) is 7.53. The SMILES string of the molecule is CN1CCCCC1CNC(CNC(=O)OC(C)(C)C)C1CCCCC1. The topological polar surface area (TPSA) is 53.6 Å². The van der Waals surface area contributed by atoms with E-state index in [1.165, 1.54) is 57.9 Å². The van der Waals surface area contributed by atoms with Gasteiger partial charge in [-0.15, -0.1) is 0 Å². The summed E-state index contributed by atoms with van der Waals surface area (Å²) in [6.07, 6.45) is 10.2. The van der Waals surface area contributed by atoms with Gasteiger partial charge in [-0.1, -0.05) is 25.7 Å². The summed E-state index contributed by atoms with van der Waals surface area (Å²) < 4.78 is 5.40. The van der Waals surface area contributed by atoms with Crippen LogP contribution in [0, 0.1) is 5.92 Å². The van der Waals surface area contributed by atoms with Crippen LogP contribution in [0.4, 0.5) is 4.79 Å². The van der Waals surface area contributed by atoms with Crippen LogP contribution in [0.2, 0.25) is 0 Å². The van der Waals surface area contributed by atoms with Gasteiger partial charge in [0.05, 0.1) is 0 Å². The van der Waals surface area contributed by atoms with Gasteiger partial charge >= 0.3 is 6.09 Å². The van der Waals surface area contributed by atoms with Crippen molar-refractivity contribution in [3.05, 3.63) is 0 Å². The van der Waals surface area contributed by atoms with Gasteiger partial charge in [0.1, 0.15) is 5.60 Å². The van der Waals surface area contributed by atoms with E-state index < -0.39 is 5.60 Å². The van der Waals surface area contributed by atoms with E-state index in [0.29, 0.717) is 24.5 Å². The first kappa shape index (κ1) is 20.5. The van der Waals surface area contributed by atoms with Gasteiger partial charge in [0.2, 0.25) is 0 Å². The number of carbonyl (C=O) groups is 1. The lowest BCUT2D eigenvalue weighted by Crippen LogP contribution is -2.51. The summed E-state index contributed by atoms with van der Waals surface area (Å²) >= 11 is 0. The highest BCUT2D eigenvalue weighted by Gasteiger charge is 2.27. The van der Waals surface area contributed by atoms with Crippen LogP contribution in [-0.4, -0.2) is 55.4 Å². The van der Waals surface area contributed by atoms with E-state index in [-0.39, 0.29) is 6.09 Å². The summed E-state index contributed by atoms with van der Waals surface area (Å²) in [7, 11) is 2.24. The Balaban J connectivity index is 1.85. The minimum Gasteiger partial charge on any atom is -0.444 e. The molecule has 25 heavy (non-hydrogen) atoms. The summed E-state index contributed by atoms with van der Waals surface area (Å²) in [5.41, 5.74) is -0.442. The molecule has 0 bridgehead atoms. The lowest BCUT2D eigenvalue weighted by atomic mass is 9.83. The second-order valence-corrected chi connectivity index (χ2v) is 8.93. The van der Waals surface area contributed by atoms with Gasteiger partial charge in [0.25, 0.3) is 0 Å². The molecule has 1 aliphatic heterocycles. The van der Waals surface area contributed by atoms with Crippen molar-refractivity contribution in [1.82, 2.24) is 15.5 Å². The molecule has 0 spiro atoms. The highest BCUT2D eigenvalue weighted by atomic mass is 16.6. The number of carbonyl (C=O) groups excluding carboxylic acids is 1. The molecule has 2 fully saturated rings. The van der Waals surface area contributed by atoms with Crippen molar-refractivity contribution >= 4 is 6.09 Å². The number of nitrogens with one attached hydrogen (secondary N) is 2.